The zero-order valence-corrected chi connectivity index (χ0v) is 11.7. The molecule has 1 aromatic rings. The molecule has 1 heterocycles. The Morgan fingerprint density at radius 3 is 2.83 bits per heavy atom. The van der Waals surface area contributed by atoms with Gasteiger partial charge in [0.2, 0.25) is 0 Å². The van der Waals surface area contributed by atoms with Gasteiger partial charge >= 0.3 is 0 Å². The van der Waals surface area contributed by atoms with Crippen molar-refractivity contribution < 1.29 is 9.50 Å². The molecule has 18 heavy (non-hydrogen) atoms. The van der Waals surface area contributed by atoms with E-state index in [9.17, 15) is 9.50 Å². The Morgan fingerprint density at radius 2 is 2.11 bits per heavy atom. The van der Waals surface area contributed by atoms with Crippen LogP contribution in [0.15, 0.2) is 18.2 Å². The van der Waals surface area contributed by atoms with Gasteiger partial charge in [-0.1, -0.05) is 11.6 Å². The van der Waals surface area contributed by atoms with Crippen LogP contribution in [0.4, 0.5) is 4.39 Å². The number of hydrogen-bond donors (Lipinski definition) is 2. The number of halogens is 2. The molecule has 1 aliphatic heterocycles. The molecule has 1 aromatic carbocycles. The van der Waals surface area contributed by atoms with Gasteiger partial charge in [0.25, 0.3) is 0 Å². The second-order valence-corrected chi connectivity index (χ2v) is 6.34. The molecule has 0 amide bonds. The summed E-state index contributed by atoms with van der Waals surface area (Å²) in [6, 6.07) is 4.52. The quantitative estimate of drug-likeness (QED) is 0.894. The normalized spacial score (nSPS) is 18.8. The van der Waals surface area contributed by atoms with Crippen molar-refractivity contribution in [1.82, 2.24) is 5.32 Å². The predicted octanol–water partition coefficient (Wildman–Crippen LogP) is 2.83. The van der Waals surface area contributed by atoms with Crippen LogP contribution in [0.5, 0.6) is 0 Å². The van der Waals surface area contributed by atoms with E-state index in [0.717, 1.165) is 24.3 Å². The smallest absolute Gasteiger partial charge is 0.127 e. The van der Waals surface area contributed by atoms with Crippen LogP contribution in [0.25, 0.3) is 0 Å². The van der Waals surface area contributed by atoms with Gasteiger partial charge in [-0.05, 0) is 42.5 Å². The van der Waals surface area contributed by atoms with Crippen molar-refractivity contribution in [3.8, 4) is 0 Å². The molecule has 2 nitrogen and oxygen atoms in total. The van der Waals surface area contributed by atoms with E-state index < -0.39 is 5.60 Å². The molecular weight excluding hydrogens is 273 g/mol. The monoisotopic (exact) mass is 289 g/mol. The third-order valence-electron chi connectivity index (χ3n) is 3.20. The van der Waals surface area contributed by atoms with Crippen LogP contribution in [-0.4, -0.2) is 28.8 Å². The van der Waals surface area contributed by atoms with Crippen LogP contribution < -0.4 is 5.32 Å². The zero-order chi connectivity index (χ0) is 13.0. The minimum atomic E-state index is -0.639. The van der Waals surface area contributed by atoms with E-state index in [4.69, 9.17) is 11.6 Å². The highest BCUT2D eigenvalue weighted by molar-refractivity contribution is 7.99. The molecule has 2 rings (SSSR count). The summed E-state index contributed by atoms with van der Waals surface area (Å²) in [7, 11) is 0. The number of thioether (sulfide) groups is 1. The number of rotatable bonds is 4. The maximum Gasteiger partial charge on any atom is 0.127 e. The highest BCUT2D eigenvalue weighted by atomic mass is 35.5. The van der Waals surface area contributed by atoms with Crippen molar-refractivity contribution in [1.29, 1.82) is 0 Å². The molecule has 0 unspecified atom stereocenters. The SMILES string of the molecule is OC1(CNCc2cc(Cl)ccc2F)CCSCC1. The van der Waals surface area contributed by atoms with Crippen molar-refractivity contribution in [3.05, 3.63) is 34.6 Å². The Kier molecular flexibility index (Phi) is 4.90. The van der Waals surface area contributed by atoms with E-state index in [0.29, 0.717) is 23.7 Å². The van der Waals surface area contributed by atoms with Gasteiger partial charge in [0.1, 0.15) is 5.82 Å². The summed E-state index contributed by atoms with van der Waals surface area (Å²) >= 11 is 7.69. The van der Waals surface area contributed by atoms with E-state index in [-0.39, 0.29) is 5.82 Å². The summed E-state index contributed by atoms with van der Waals surface area (Å²) in [5.74, 6) is 1.71. The van der Waals surface area contributed by atoms with E-state index in [2.05, 4.69) is 5.32 Å². The molecule has 1 saturated heterocycles. The lowest BCUT2D eigenvalue weighted by Gasteiger charge is -2.32. The molecule has 0 aromatic heterocycles. The summed E-state index contributed by atoms with van der Waals surface area (Å²) in [6.07, 6.45) is 1.59. The van der Waals surface area contributed by atoms with Crippen molar-refractivity contribution in [2.24, 2.45) is 0 Å². The van der Waals surface area contributed by atoms with E-state index in [1.807, 2.05) is 11.8 Å². The lowest BCUT2D eigenvalue weighted by Crippen LogP contribution is -2.43. The van der Waals surface area contributed by atoms with Crippen LogP contribution in [0.2, 0.25) is 5.02 Å². The molecule has 100 valence electrons. The number of benzene rings is 1. The fraction of sp³-hybridized carbons (Fsp3) is 0.538. The fourth-order valence-electron chi connectivity index (χ4n) is 2.04. The van der Waals surface area contributed by atoms with Crippen molar-refractivity contribution >= 4 is 23.4 Å². The van der Waals surface area contributed by atoms with Crippen molar-refractivity contribution in [3.63, 3.8) is 0 Å². The lowest BCUT2D eigenvalue weighted by molar-refractivity contribution is 0.0319. The van der Waals surface area contributed by atoms with Crippen LogP contribution >= 0.6 is 23.4 Å². The standard InChI is InChI=1S/C13H17ClFNOS/c14-11-1-2-12(15)10(7-11)8-16-9-13(17)3-5-18-6-4-13/h1-2,7,16-17H,3-6,8-9H2. The van der Waals surface area contributed by atoms with Crippen molar-refractivity contribution in [2.75, 3.05) is 18.1 Å². The van der Waals surface area contributed by atoms with Gasteiger partial charge < -0.3 is 10.4 Å². The van der Waals surface area contributed by atoms with Crippen LogP contribution in [0.1, 0.15) is 18.4 Å². The minimum Gasteiger partial charge on any atom is -0.389 e. The summed E-state index contributed by atoms with van der Waals surface area (Å²) in [4.78, 5) is 0. The Morgan fingerprint density at radius 1 is 1.39 bits per heavy atom. The second kappa shape index (κ2) is 6.24. The largest absolute Gasteiger partial charge is 0.389 e. The first-order chi connectivity index (χ1) is 8.59. The van der Waals surface area contributed by atoms with E-state index in [1.54, 1.807) is 6.07 Å². The number of aliphatic hydroxyl groups is 1. The first-order valence-electron chi connectivity index (χ1n) is 6.04. The maximum atomic E-state index is 13.5. The average Bonchev–Trinajstić information content (AvgIpc) is 2.34. The molecular formula is C13H17ClFNOS. The van der Waals surface area contributed by atoms with Crippen molar-refractivity contribution in [2.45, 2.75) is 25.0 Å². The molecule has 0 spiro atoms. The molecule has 0 aliphatic carbocycles. The molecule has 2 N–H and O–H groups in total. The Bertz CT molecular complexity index is 410. The average molecular weight is 290 g/mol. The van der Waals surface area contributed by atoms with Gasteiger partial charge in [-0.3, -0.25) is 0 Å². The van der Waals surface area contributed by atoms with Gasteiger partial charge in [0.05, 0.1) is 5.60 Å². The molecule has 0 radical (unpaired) electrons. The highest BCUT2D eigenvalue weighted by Gasteiger charge is 2.28. The second-order valence-electron chi connectivity index (χ2n) is 4.68. The Balaban J connectivity index is 1.86. The number of hydrogen-bond acceptors (Lipinski definition) is 3. The summed E-state index contributed by atoms with van der Waals surface area (Å²) < 4.78 is 13.5. The Labute approximate surface area is 116 Å². The molecule has 0 atom stereocenters. The summed E-state index contributed by atoms with van der Waals surface area (Å²) in [6.45, 7) is 0.890. The van der Waals surface area contributed by atoms with Gasteiger partial charge in [-0.15, -0.1) is 0 Å². The van der Waals surface area contributed by atoms with Gasteiger partial charge in [-0.2, -0.15) is 11.8 Å². The Hall–Kier alpha value is -0.290. The molecule has 0 saturated carbocycles. The lowest BCUT2D eigenvalue weighted by atomic mass is 9.97. The molecule has 1 fully saturated rings. The fourth-order valence-corrected chi connectivity index (χ4v) is 3.48. The molecule has 5 heteroatoms. The van der Waals surface area contributed by atoms with Crippen LogP contribution in [0, 0.1) is 5.82 Å². The topological polar surface area (TPSA) is 32.3 Å². The first-order valence-corrected chi connectivity index (χ1v) is 7.57. The van der Waals surface area contributed by atoms with Gasteiger partial charge in [0, 0.05) is 23.7 Å². The third-order valence-corrected chi connectivity index (χ3v) is 4.42. The van der Waals surface area contributed by atoms with E-state index in [1.165, 1.54) is 12.1 Å². The first kappa shape index (κ1) is 14.1. The zero-order valence-electron chi connectivity index (χ0n) is 10.1. The molecule has 0 bridgehead atoms. The summed E-state index contributed by atoms with van der Waals surface area (Å²) in [5.41, 5.74) is -0.100. The predicted molar refractivity (Wildman–Crippen MR) is 74.6 cm³/mol. The minimum absolute atomic E-state index is 0.266. The van der Waals surface area contributed by atoms with Crippen LogP contribution in [-0.2, 0) is 6.54 Å². The van der Waals surface area contributed by atoms with Gasteiger partial charge in [0.15, 0.2) is 0 Å². The third kappa shape index (κ3) is 3.85. The van der Waals surface area contributed by atoms with Gasteiger partial charge in [-0.25, -0.2) is 4.39 Å². The van der Waals surface area contributed by atoms with E-state index >= 15 is 0 Å². The van der Waals surface area contributed by atoms with Crippen LogP contribution in [0.3, 0.4) is 0 Å². The molecule has 1 aliphatic rings. The summed E-state index contributed by atoms with van der Waals surface area (Å²) in [5, 5.41) is 13.9. The number of nitrogens with one attached hydrogen (secondary N) is 1. The maximum absolute atomic E-state index is 13.5. The highest BCUT2D eigenvalue weighted by Crippen LogP contribution is 2.26.